The van der Waals surface area contributed by atoms with Gasteiger partial charge in [-0.15, -0.1) is 0 Å². The summed E-state index contributed by atoms with van der Waals surface area (Å²) in [5.41, 5.74) is 1.83. The lowest BCUT2D eigenvalue weighted by Crippen LogP contribution is -2.87. The van der Waals surface area contributed by atoms with Crippen molar-refractivity contribution in [1.82, 2.24) is 4.90 Å². The molecular formula is C24H28N3O3+. The minimum absolute atomic E-state index is 0.00741. The van der Waals surface area contributed by atoms with Crippen LogP contribution < -0.4 is 15.4 Å². The maximum Gasteiger partial charge on any atom is 0.277 e. The van der Waals surface area contributed by atoms with Crippen LogP contribution in [-0.2, 0) is 9.59 Å². The Balaban J connectivity index is 1.53. The summed E-state index contributed by atoms with van der Waals surface area (Å²) in [6.45, 7) is 2.35. The SMILES string of the molecule is COc1cccc(NC(=O)CN(C)C(=O)C[NH2+][C@H](C)c2cccc3ccccc23)c1. The van der Waals surface area contributed by atoms with Crippen molar-refractivity contribution in [2.45, 2.75) is 13.0 Å². The molecule has 6 nitrogen and oxygen atoms in total. The summed E-state index contributed by atoms with van der Waals surface area (Å²) in [5, 5.41) is 7.18. The van der Waals surface area contributed by atoms with Crippen LogP contribution in [0.25, 0.3) is 10.8 Å². The highest BCUT2D eigenvalue weighted by molar-refractivity contribution is 5.94. The second-order valence-corrected chi connectivity index (χ2v) is 7.33. The lowest BCUT2D eigenvalue weighted by atomic mass is 10.00. The fraction of sp³-hybridized carbons (Fsp3) is 0.250. The Morgan fingerprint density at radius 3 is 2.60 bits per heavy atom. The van der Waals surface area contributed by atoms with Crippen LogP contribution in [0.5, 0.6) is 5.75 Å². The van der Waals surface area contributed by atoms with Crippen LogP contribution in [0, 0.1) is 0 Å². The molecule has 2 amide bonds. The van der Waals surface area contributed by atoms with Crippen molar-refractivity contribution in [2.75, 3.05) is 32.6 Å². The lowest BCUT2D eigenvalue weighted by Gasteiger charge is -2.18. The average molecular weight is 407 g/mol. The Labute approximate surface area is 176 Å². The number of hydrogen-bond donors (Lipinski definition) is 2. The monoisotopic (exact) mass is 406 g/mol. The Morgan fingerprint density at radius 2 is 1.80 bits per heavy atom. The number of carbonyl (C=O) groups excluding carboxylic acids is 2. The number of amides is 2. The number of fused-ring (bicyclic) bond motifs is 1. The number of benzene rings is 3. The molecule has 0 bridgehead atoms. The van der Waals surface area contributed by atoms with Crippen LogP contribution in [0.3, 0.4) is 0 Å². The molecule has 0 aliphatic heterocycles. The van der Waals surface area contributed by atoms with Gasteiger partial charge in [0.25, 0.3) is 5.91 Å². The Bertz CT molecular complexity index is 1030. The highest BCUT2D eigenvalue weighted by Gasteiger charge is 2.18. The molecule has 0 saturated heterocycles. The van der Waals surface area contributed by atoms with E-state index in [0.717, 1.165) is 0 Å². The van der Waals surface area contributed by atoms with Crippen molar-refractivity contribution in [1.29, 1.82) is 0 Å². The number of ether oxygens (including phenoxy) is 1. The highest BCUT2D eigenvalue weighted by atomic mass is 16.5. The third-order valence-corrected chi connectivity index (χ3v) is 5.12. The summed E-state index contributed by atoms with van der Waals surface area (Å²) in [4.78, 5) is 26.2. The molecule has 3 aromatic carbocycles. The number of rotatable bonds is 8. The van der Waals surface area contributed by atoms with E-state index in [2.05, 4.69) is 36.5 Å². The first-order chi connectivity index (χ1) is 14.5. The number of quaternary nitrogens is 1. The van der Waals surface area contributed by atoms with E-state index in [1.54, 1.807) is 38.4 Å². The molecule has 156 valence electrons. The van der Waals surface area contributed by atoms with E-state index in [0.29, 0.717) is 11.4 Å². The predicted octanol–water partition coefficient (Wildman–Crippen LogP) is 2.57. The van der Waals surface area contributed by atoms with Crippen molar-refractivity contribution in [2.24, 2.45) is 0 Å². The van der Waals surface area contributed by atoms with Gasteiger partial charge in [0, 0.05) is 24.4 Å². The predicted molar refractivity (Wildman–Crippen MR) is 118 cm³/mol. The first-order valence-electron chi connectivity index (χ1n) is 9.97. The smallest absolute Gasteiger partial charge is 0.277 e. The molecule has 3 rings (SSSR count). The van der Waals surface area contributed by atoms with E-state index in [4.69, 9.17) is 4.74 Å². The number of anilines is 1. The second kappa shape index (κ2) is 9.89. The first kappa shape index (κ1) is 21.3. The Morgan fingerprint density at radius 1 is 1.07 bits per heavy atom. The number of methoxy groups -OCH3 is 1. The molecule has 0 aliphatic carbocycles. The van der Waals surface area contributed by atoms with Crippen LogP contribution in [-0.4, -0.2) is 44.0 Å². The topological polar surface area (TPSA) is 75.2 Å². The van der Waals surface area contributed by atoms with Gasteiger partial charge in [-0.25, -0.2) is 0 Å². The molecule has 0 heterocycles. The molecule has 0 saturated carbocycles. The van der Waals surface area contributed by atoms with Gasteiger partial charge in [-0.3, -0.25) is 9.59 Å². The van der Waals surface area contributed by atoms with Crippen LogP contribution in [0.1, 0.15) is 18.5 Å². The van der Waals surface area contributed by atoms with Crippen molar-refractivity contribution >= 4 is 28.3 Å². The lowest BCUT2D eigenvalue weighted by molar-refractivity contribution is -0.682. The van der Waals surface area contributed by atoms with Gasteiger partial charge >= 0.3 is 0 Å². The molecule has 6 heteroatoms. The molecule has 0 radical (unpaired) electrons. The van der Waals surface area contributed by atoms with Crippen LogP contribution in [0.15, 0.2) is 66.7 Å². The molecule has 30 heavy (non-hydrogen) atoms. The zero-order valence-corrected chi connectivity index (χ0v) is 17.6. The second-order valence-electron chi connectivity index (χ2n) is 7.33. The summed E-state index contributed by atoms with van der Waals surface area (Å²) >= 11 is 0. The number of nitrogens with two attached hydrogens (primary N) is 1. The van der Waals surface area contributed by atoms with E-state index in [-0.39, 0.29) is 30.9 Å². The molecule has 0 spiro atoms. The molecule has 1 atom stereocenters. The summed E-state index contributed by atoms with van der Waals surface area (Å²) in [6.07, 6.45) is 0. The molecule has 0 unspecified atom stereocenters. The normalized spacial score (nSPS) is 11.7. The molecule has 0 aromatic heterocycles. The van der Waals surface area contributed by atoms with Crippen molar-refractivity contribution in [3.05, 3.63) is 72.3 Å². The molecule has 3 aromatic rings. The minimum Gasteiger partial charge on any atom is -0.497 e. The summed E-state index contributed by atoms with van der Waals surface area (Å²) < 4.78 is 5.15. The number of nitrogens with one attached hydrogen (secondary N) is 1. The molecule has 0 aliphatic rings. The van der Waals surface area contributed by atoms with E-state index in [9.17, 15) is 9.59 Å². The van der Waals surface area contributed by atoms with E-state index in [1.165, 1.54) is 21.2 Å². The Kier molecular flexibility index (Phi) is 7.03. The fourth-order valence-corrected chi connectivity index (χ4v) is 3.41. The highest BCUT2D eigenvalue weighted by Crippen LogP contribution is 2.22. The number of hydrogen-bond acceptors (Lipinski definition) is 3. The van der Waals surface area contributed by atoms with Gasteiger partial charge < -0.3 is 20.3 Å². The standard InChI is InChI=1S/C24H27N3O3/c1-17(21-13-6-9-18-8-4-5-12-22(18)21)25-15-24(29)27(2)16-23(28)26-19-10-7-11-20(14-19)30-3/h4-14,17,25H,15-16H2,1-3H3,(H,26,28)/p+1/t17-/m1/s1. The van der Waals surface area contributed by atoms with Gasteiger partial charge in [0.05, 0.1) is 13.7 Å². The van der Waals surface area contributed by atoms with Crippen molar-refractivity contribution in [3.8, 4) is 5.75 Å². The van der Waals surface area contributed by atoms with Crippen molar-refractivity contribution < 1.29 is 19.6 Å². The number of carbonyl (C=O) groups is 2. The van der Waals surface area contributed by atoms with Gasteiger partial charge in [-0.1, -0.05) is 48.5 Å². The zero-order chi connectivity index (χ0) is 21.5. The summed E-state index contributed by atoms with van der Waals surface area (Å²) in [6, 6.07) is 21.7. The third kappa shape index (κ3) is 5.36. The summed E-state index contributed by atoms with van der Waals surface area (Å²) in [5.74, 6) is 0.318. The summed E-state index contributed by atoms with van der Waals surface area (Å²) in [7, 11) is 3.22. The van der Waals surface area contributed by atoms with Crippen molar-refractivity contribution in [3.63, 3.8) is 0 Å². The van der Waals surface area contributed by atoms with Crippen LogP contribution in [0.2, 0.25) is 0 Å². The van der Waals surface area contributed by atoms with Gasteiger partial charge in [-0.05, 0) is 29.8 Å². The van der Waals surface area contributed by atoms with E-state index in [1.807, 2.05) is 23.5 Å². The number of likely N-dealkylation sites (N-methyl/N-ethyl adjacent to an activating group) is 1. The van der Waals surface area contributed by atoms with Gasteiger partial charge in [0.1, 0.15) is 11.8 Å². The Hall–Kier alpha value is -3.38. The first-order valence-corrected chi connectivity index (χ1v) is 9.97. The zero-order valence-electron chi connectivity index (χ0n) is 17.6. The van der Waals surface area contributed by atoms with Gasteiger partial charge in [0.2, 0.25) is 5.91 Å². The van der Waals surface area contributed by atoms with Crippen LogP contribution in [0.4, 0.5) is 5.69 Å². The van der Waals surface area contributed by atoms with Gasteiger partial charge in [-0.2, -0.15) is 0 Å². The fourth-order valence-electron chi connectivity index (χ4n) is 3.41. The molecule has 0 fully saturated rings. The largest absolute Gasteiger partial charge is 0.497 e. The minimum atomic E-state index is -0.249. The number of nitrogens with zero attached hydrogens (tertiary/aromatic N) is 1. The van der Waals surface area contributed by atoms with E-state index < -0.39 is 0 Å². The molecular weight excluding hydrogens is 378 g/mol. The third-order valence-electron chi connectivity index (χ3n) is 5.12. The average Bonchev–Trinajstić information content (AvgIpc) is 2.76. The maximum atomic E-state index is 12.5. The quantitative estimate of drug-likeness (QED) is 0.604. The van der Waals surface area contributed by atoms with Crippen LogP contribution >= 0.6 is 0 Å². The van der Waals surface area contributed by atoms with Gasteiger partial charge in [0.15, 0.2) is 6.54 Å². The maximum absolute atomic E-state index is 12.5. The molecule has 3 N–H and O–H groups in total. The van der Waals surface area contributed by atoms with E-state index >= 15 is 0 Å².